The monoisotopic (exact) mass is 585 g/mol. The molecule has 0 N–H and O–H groups in total. The molecule has 0 amide bonds. The second-order valence-corrected chi connectivity index (χ2v) is 13.7. The molecule has 1 aromatic heterocycles. The maximum atomic E-state index is 14.6. The minimum absolute atomic E-state index is 0.0469. The molecule has 0 bridgehead atoms. The standard InChI is InChI=1S/C27H25F2N5O4S2/c1-32(2)39(35,36)20-8-10-21(11-9-20)40(37,38)34-25-6-4-3-5-22(25)26(31-34)33-15-13-27(18-30,14-16-33)23-12-7-19(28)17-24(23)29/h3-12,17H,13-16H2,1-2H3. The summed E-state index contributed by atoms with van der Waals surface area (Å²) in [5, 5.41) is 15.0. The lowest BCUT2D eigenvalue weighted by molar-refractivity contribution is 0.396. The molecular formula is C27H25F2N5O4S2. The van der Waals surface area contributed by atoms with Crippen LogP contribution in [0, 0.1) is 23.0 Å². The molecule has 1 aliphatic heterocycles. The smallest absolute Gasteiger partial charge is 0.283 e. The highest BCUT2D eigenvalue weighted by Gasteiger charge is 2.40. The number of fused-ring (bicyclic) bond motifs is 1. The van der Waals surface area contributed by atoms with Gasteiger partial charge in [0.25, 0.3) is 10.0 Å². The third-order valence-electron chi connectivity index (χ3n) is 7.24. The average Bonchev–Trinajstić information content (AvgIpc) is 3.34. The Morgan fingerprint density at radius 1 is 0.925 bits per heavy atom. The first-order valence-electron chi connectivity index (χ1n) is 12.3. The average molecular weight is 586 g/mol. The van der Waals surface area contributed by atoms with E-state index in [-0.39, 0.29) is 41.3 Å². The number of nitriles is 1. The summed E-state index contributed by atoms with van der Waals surface area (Å²) >= 11 is 0. The Bertz CT molecular complexity index is 1860. The van der Waals surface area contributed by atoms with Gasteiger partial charge < -0.3 is 4.90 Å². The summed E-state index contributed by atoms with van der Waals surface area (Å²) in [5.74, 6) is -1.11. The predicted octanol–water partition coefficient (Wildman–Crippen LogP) is 3.86. The van der Waals surface area contributed by atoms with Crippen molar-refractivity contribution < 1.29 is 25.6 Å². The highest BCUT2D eigenvalue weighted by atomic mass is 32.2. The van der Waals surface area contributed by atoms with Crippen LogP contribution in [0.5, 0.6) is 0 Å². The fourth-order valence-electron chi connectivity index (χ4n) is 4.95. The normalized spacial score (nSPS) is 15.8. The van der Waals surface area contributed by atoms with Crippen LogP contribution in [0.15, 0.2) is 76.5 Å². The summed E-state index contributed by atoms with van der Waals surface area (Å²) in [7, 11) is -5.19. The SMILES string of the molecule is CN(C)S(=O)(=O)c1ccc(S(=O)(=O)n2nc(N3CCC(C#N)(c4ccc(F)cc4F)CC3)c3ccccc32)cc1. The lowest BCUT2D eigenvalue weighted by Gasteiger charge is -2.38. The molecule has 3 aromatic carbocycles. The summed E-state index contributed by atoms with van der Waals surface area (Å²) in [4.78, 5) is 1.66. The molecule has 9 nitrogen and oxygen atoms in total. The summed E-state index contributed by atoms with van der Waals surface area (Å²) in [6.07, 6.45) is 0.448. The minimum atomic E-state index is -4.21. The molecule has 2 heterocycles. The van der Waals surface area contributed by atoms with Gasteiger partial charge in [0, 0.05) is 44.2 Å². The fourth-order valence-corrected chi connectivity index (χ4v) is 7.14. The molecular weight excluding hydrogens is 560 g/mol. The second-order valence-electron chi connectivity index (χ2n) is 9.75. The number of piperidine rings is 1. The Kier molecular flexibility index (Phi) is 6.89. The van der Waals surface area contributed by atoms with Gasteiger partial charge in [-0.15, -0.1) is 5.10 Å². The van der Waals surface area contributed by atoms with Crippen LogP contribution in [0.25, 0.3) is 10.9 Å². The van der Waals surface area contributed by atoms with E-state index < -0.39 is 37.1 Å². The molecule has 0 spiro atoms. The third kappa shape index (κ3) is 4.51. The highest BCUT2D eigenvalue weighted by molar-refractivity contribution is 7.90. The fraction of sp³-hybridized carbons (Fsp3) is 0.259. The van der Waals surface area contributed by atoms with Gasteiger partial charge in [0.15, 0.2) is 5.82 Å². The summed E-state index contributed by atoms with van der Waals surface area (Å²) < 4.78 is 82.1. The van der Waals surface area contributed by atoms with Crippen molar-refractivity contribution >= 4 is 36.8 Å². The highest BCUT2D eigenvalue weighted by Crippen LogP contribution is 2.39. The summed E-state index contributed by atoms with van der Waals surface area (Å²) in [6.45, 7) is 0.561. The molecule has 0 aliphatic carbocycles. The number of hydrogen-bond donors (Lipinski definition) is 0. The van der Waals surface area contributed by atoms with Crippen molar-refractivity contribution in [1.29, 1.82) is 5.26 Å². The molecule has 13 heteroatoms. The number of benzene rings is 3. The number of para-hydroxylation sites is 1. The molecule has 0 unspecified atom stereocenters. The maximum Gasteiger partial charge on any atom is 0.283 e. The second kappa shape index (κ2) is 9.96. The lowest BCUT2D eigenvalue weighted by Crippen LogP contribution is -2.42. The van der Waals surface area contributed by atoms with Crippen LogP contribution in [-0.2, 0) is 25.5 Å². The molecule has 0 saturated carbocycles. The van der Waals surface area contributed by atoms with Gasteiger partial charge in [0.05, 0.1) is 26.8 Å². The van der Waals surface area contributed by atoms with E-state index in [1.165, 1.54) is 44.4 Å². The quantitative estimate of drug-likeness (QED) is 0.337. The van der Waals surface area contributed by atoms with E-state index in [9.17, 15) is 30.9 Å². The van der Waals surface area contributed by atoms with Gasteiger partial charge in [-0.3, -0.25) is 0 Å². The van der Waals surface area contributed by atoms with Gasteiger partial charge in [0.2, 0.25) is 10.0 Å². The van der Waals surface area contributed by atoms with Crippen LogP contribution >= 0.6 is 0 Å². The van der Waals surface area contributed by atoms with Gasteiger partial charge in [0.1, 0.15) is 11.6 Å². The van der Waals surface area contributed by atoms with E-state index in [0.29, 0.717) is 16.7 Å². The van der Waals surface area contributed by atoms with Crippen LogP contribution in [0.1, 0.15) is 18.4 Å². The van der Waals surface area contributed by atoms with Gasteiger partial charge in [-0.25, -0.2) is 21.5 Å². The zero-order valence-corrected chi connectivity index (χ0v) is 23.3. The lowest BCUT2D eigenvalue weighted by atomic mass is 9.73. The Hall–Kier alpha value is -3.86. The largest absolute Gasteiger partial charge is 0.354 e. The van der Waals surface area contributed by atoms with E-state index >= 15 is 0 Å². The molecule has 0 radical (unpaired) electrons. The Balaban J connectivity index is 1.49. The predicted molar refractivity (Wildman–Crippen MR) is 145 cm³/mol. The van der Waals surface area contributed by atoms with Crippen molar-refractivity contribution in [3.05, 3.63) is 83.9 Å². The van der Waals surface area contributed by atoms with E-state index in [0.717, 1.165) is 20.5 Å². The first-order chi connectivity index (χ1) is 18.9. The van der Waals surface area contributed by atoms with Crippen LogP contribution in [0.3, 0.4) is 0 Å². The molecule has 5 rings (SSSR count). The van der Waals surface area contributed by atoms with Crippen molar-refractivity contribution in [3.63, 3.8) is 0 Å². The van der Waals surface area contributed by atoms with Gasteiger partial charge in [-0.1, -0.05) is 18.2 Å². The van der Waals surface area contributed by atoms with Crippen LogP contribution in [-0.4, -0.2) is 57.5 Å². The first kappa shape index (κ1) is 27.7. The van der Waals surface area contributed by atoms with Crippen molar-refractivity contribution in [3.8, 4) is 6.07 Å². The van der Waals surface area contributed by atoms with Crippen molar-refractivity contribution in [2.45, 2.75) is 28.0 Å². The third-order valence-corrected chi connectivity index (χ3v) is 10.7. The Morgan fingerprint density at radius 2 is 1.55 bits per heavy atom. The topological polar surface area (TPSA) is 116 Å². The number of anilines is 1. The molecule has 1 fully saturated rings. The summed E-state index contributed by atoms with van der Waals surface area (Å²) in [5.41, 5.74) is -0.703. The van der Waals surface area contributed by atoms with Crippen LogP contribution < -0.4 is 4.90 Å². The minimum Gasteiger partial charge on any atom is -0.354 e. The molecule has 4 aromatic rings. The maximum absolute atomic E-state index is 14.6. The first-order valence-corrected chi connectivity index (χ1v) is 15.2. The van der Waals surface area contributed by atoms with Crippen molar-refractivity contribution in [2.75, 3.05) is 32.1 Å². The van der Waals surface area contributed by atoms with E-state index in [2.05, 4.69) is 11.2 Å². The Labute approximate surface area is 231 Å². The summed E-state index contributed by atoms with van der Waals surface area (Å²) in [6, 6.07) is 17.1. The number of rotatable bonds is 6. The van der Waals surface area contributed by atoms with Crippen LogP contribution in [0.2, 0.25) is 0 Å². The van der Waals surface area contributed by atoms with E-state index in [1.54, 1.807) is 24.3 Å². The molecule has 208 valence electrons. The Morgan fingerprint density at radius 3 is 2.15 bits per heavy atom. The molecule has 40 heavy (non-hydrogen) atoms. The number of nitrogens with zero attached hydrogens (tertiary/aromatic N) is 5. The number of hydrogen-bond acceptors (Lipinski definition) is 7. The zero-order valence-electron chi connectivity index (χ0n) is 21.6. The van der Waals surface area contributed by atoms with E-state index in [4.69, 9.17) is 0 Å². The van der Waals surface area contributed by atoms with Gasteiger partial charge in [-0.05, 0) is 55.3 Å². The van der Waals surface area contributed by atoms with E-state index in [1.807, 2.05) is 4.90 Å². The van der Waals surface area contributed by atoms with Crippen molar-refractivity contribution in [2.24, 2.45) is 0 Å². The number of halogens is 2. The molecule has 0 atom stereocenters. The number of sulfonamides is 1. The van der Waals surface area contributed by atoms with Gasteiger partial charge >= 0.3 is 0 Å². The number of aromatic nitrogens is 2. The van der Waals surface area contributed by atoms with Crippen LogP contribution in [0.4, 0.5) is 14.6 Å². The molecule has 1 saturated heterocycles. The zero-order chi connectivity index (χ0) is 28.9. The molecule has 1 aliphatic rings. The van der Waals surface area contributed by atoms with Gasteiger partial charge in [-0.2, -0.15) is 17.8 Å². The van der Waals surface area contributed by atoms with Crippen molar-refractivity contribution in [1.82, 2.24) is 13.5 Å².